The molecule has 24 heavy (non-hydrogen) atoms. The van der Waals surface area contributed by atoms with Gasteiger partial charge in [-0.3, -0.25) is 9.89 Å². The molecule has 0 bridgehead atoms. The molecule has 3 aromatic rings. The molecule has 118 valence electrons. The minimum absolute atomic E-state index is 0.0993. The third-order valence-corrected chi connectivity index (χ3v) is 3.75. The van der Waals surface area contributed by atoms with Gasteiger partial charge in [-0.1, -0.05) is 13.8 Å². The van der Waals surface area contributed by atoms with E-state index >= 15 is 0 Å². The number of rotatable bonds is 2. The van der Waals surface area contributed by atoms with E-state index in [9.17, 15) is 10.1 Å². The lowest BCUT2D eigenvalue weighted by Gasteiger charge is -2.12. The molecule has 7 nitrogen and oxygen atoms in total. The van der Waals surface area contributed by atoms with Crippen LogP contribution in [-0.4, -0.2) is 14.6 Å². The van der Waals surface area contributed by atoms with E-state index in [-0.39, 0.29) is 22.7 Å². The summed E-state index contributed by atoms with van der Waals surface area (Å²) in [6.07, 6.45) is 1.44. The molecule has 2 heterocycles. The van der Waals surface area contributed by atoms with Crippen molar-refractivity contribution >= 4 is 11.3 Å². The minimum atomic E-state index is -0.271. The number of nitrogens with one attached hydrogen (secondary N) is 1. The number of H-pyrrole nitrogens is 1. The summed E-state index contributed by atoms with van der Waals surface area (Å²) in [7, 11) is 0. The Balaban J connectivity index is 2.45. The van der Waals surface area contributed by atoms with Crippen molar-refractivity contribution in [3.05, 3.63) is 51.4 Å². The first-order chi connectivity index (χ1) is 11.5. The molecule has 3 rings (SSSR count). The second-order valence-corrected chi connectivity index (χ2v) is 5.75. The summed E-state index contributed by atoms with van der Waals surface area (Å²) in [6, 6.07) is 8.92. The summed E-state index contributed by atoms with van der Waals surface area (Å²) in [4.78, 5) is 17.3. The van der Waals surface area contributed by atoms with Crippen molar-refractivity contribution in [3.63, 3.8) is 0 Å². The van der Waals surface area contributed by atoms with E-state index in [2.05, 4.69) is 10.1 Å². The molecule has 0 atom stereocenters. The second kappa shape index (κ2) is 5.56. The molecule has 0 aliphatic rings. The van der Waals surface area contributed by atoms with Crippen LogP contribution in [0.4, 0.5) is 5.69 Å². The summed E-state index contributed by atoms with van der Waals surface area (Å²) in [5.41, 5.74) is 8.43. The highest BCUT2D eigenvalue weighted by molar-refractivity contribution is 5.72. The van der Waals surface area contributed by atoms with Crippen LogP contribution in [0.3, 0.4) is 0 Å². The minimum Gasteiger partial charge on any atom is -0.399 e. The number of hydrogen-bond donors (Lipinski definition) is 2. The van der Waals surface area contributed by atoms with Crippen molar-refractivity contribution in [2.45, 2.75) is 19.8 Å². The second-order valence-electron chi connectivity index (χ2n) is 5.75. The fourth-order valence-electron chi connectivity index (χ4n) is 2.70. The summed E-state index contributed by atoms with van der Waals surface area (Å²) >= 11 is 0. The summed E-state index contributed by atoms with van der Waals surface area (Å²) in [6.45, 7) is 3.78. The van der Waals surface area contributed by atoms with Gasteiger partial charge in [-0.05, 0) is 24.1 Å². The van der Waals surface area contributed by atoms with Crippen LogP contribution in [-0.2, 0) is 0 Å². The molecular weight excluding hydrogens is 304 g/mol. The highest BCUT2D eigenvalue weighted by Crippen LogP contribution is 2.28. The Hall–Kier alpha value is -3.58. The topological polar surface area (TPSA) is 124 Å². The zero-order chi connectivity index (χ0) is 17.4. The number of nitrogen functional groups attached to an aromatic ring is 1. The van der Waals surface area contributed by atoms with Gasteiger partial charge in [0.15, 0.2) is 5.65 Å². The smallest absolute Gasteiger partial charge is 0.276 e. The van der Waals surface area contributed by atoms with Crippen LogP contribution < -0.4 is 11.3 Å². The van der Waals surface area contributed by atoms with Gasteiger partial charge in [0.05, 0.1) is 17.3 Å². The number of anilines is 1. The number of fused-ring (bicyclic) bond motifs is 1. The average molecular weight is 318 g/mol. The maximum absolute atomic E-state index is 12.8. The average Bonchev–Trinajstić information content (AvgIpc) is 2.97. The number of benzene rings is 1. The summed E-state index contributed by atoms with van der Waals surface area (Å²) < 4.78 is 1.26. The number of aromatic amines is 1. The van der Waals surface area contributed by atoms with E-state index in [1.807, 2.05) is 26.0 Å². The van der Waals surface area contributed by atoms with Gasteiger partial charge < -0.3 is 5.73 Å². The fourth-order valence-corrected chi connectivity index (χ4v) is 2.70. The van der Waals surface area contributed by atoms with Crippen molar-refractivity contribution in [2.75, 3.05) is 5.73 Å². The van der Waals surface area contributed by atoms with E-state index in [0.29, 0.717) is 28.1 Å². The van der Waals surface area contributed by atoms with Gasteiger partial charge in [0.25, 0.3) is 5.56 Å². The normalized spacial score (nSPS) is 10.7. The Bertz CT molecular complexity index is 1090. The Morgan fingerprint density at radius 3 is 2.62 bits per heavy atom. The number of aromatic nitrogens is 3. The van der Waals surface area contributed by atoms with Gasteiger partial charge in [0.2, 0.25) is 0 Å². The zero-order valence-electron chi connectivity index (χ0n) is 13.2. The van der Waals surface area contributed by atoms with Gasteiger partial charge in [0.1, 0.15) is 11.6 Å². The SMILES string of the molecule is CC(C)c1c(-c2cc(N)cc(C#N)c2)nc2c(C#N)c[nH]n2c1=O. The van der Waals surface area contributed by atoms with Crippen LogP contribution in [0.5, 0.6) is 0 Å². The third kappa shape index (κ3) is 2.29. The third-order valence-electron chi connectivity index (χ3n) is 3.75. The van der Waals surface area contributed by atoms with Crippen LogP contribution in [0.1, 0.15) is 36.5 Å². The Morgan fingerprint density at radius 1 is 1.25 bits per heavy atom. The Kier molecular flexibility index (Phi) is 3.55. The van der Waals surface area contributed by atoms with Crippen LogP contribution in [0.15, 0.2) is 29.2 Å². The maximum Gasteiger partial charge on any atom is 0.276 e. The number of nitriles is 2. The van der Waals surface area contributed by atoms with Crippen LogP contribution >= 0.6 is 0 Å². The first-order valence-electron chi connectivity index (χ1n) is 7.31. The predicted molar refractivity (Wildman–Crippen MR) is 89.2 cm³/mol. The zero-order valence-corrected chi connectivity index (χ0v) is 13.2. The molecular formula is C17H14N6O. The number of hydrogen-bond acceptors (Lipinski definition) is 5. The Labute approximate surface area is 137 Å². The number of nitrogens with two attached hydrogens (primary N) is 1. The van der Waals surface area contributed by atoms with Gasteiger partial charge in [-0.2, -0.15) is 10.5 Å². The molecule has 0 saturated carbocycles. The molecule has 0 saturated heterocycles. The van der Waals surface area contributed by atoms with Gasteiger partial charge in [-0.15, -0.1) is 0 Å². The maximum atomic E-state index is 12.8. The first kappa shape index (κ1) is 15.3. The highest BCUT2D eigenvalue weighted by atomic mass is 16.1. The van der Waals surface area contributed by atoms with E-state index in [1.165, 1.54) is 10.7 Å². The van der Waals surface area contributed by atoms with Crippen molar-refractivity contribution in [3.8, 4) is 23.4 Å². The molecule has 0 fully saturated rings. The molecule has 2 aromatic heterocycles. The van der Waals surface area contributed by atoms with E-state index in [1.54, 1.807) is 18.2 Å². The molecule has 7 heteroatoms. The van der Waals surface area contributed by atoms with E-state index in [0.717, 1.165) is 0 Å². The lowest BCUT2D eigenvalue weighted by atomic mass is 9.97. The van der Waals surface area contributed by atoms with Crippen LogP contribution in [0, 0.1) is 22.7 Å². The lowest BCUT2D eigenvalue weighted by Crippen LogP contribution is -2.22. The molecule has 0 amide bonds. The van der Waals surface area contributed by atoms with Gasteiger partial charge in [-0.25, -0.2) is 9.50 Å². The largest absolute Gasteiger partial charge is 0.399 e. The highest BCUT2D eigenvalue weighted by Gasteiger charge is 2.20. The van der Waals surface area contributed by atoms with Crippen molar-refractivity contribution < 1.29 is 0 Å². The molecule has 1 aromatic carbocycles. The van der Waals surface area contributed by atoms with E-state index < -0.39 is 0 Å². The molecule has 0 radical (unpaired) electrons. The molecule has 0 aliphatic carbocycles. The monoisotopic (exact) mass is 318 g/mol. The first-order valence-corrected chi connectivity index (χ1v) is 7.31. The molecule has 0 aliphatic heterocycles. The van der Waals surface area contributed by atoms with Crippen LogP contribution in [0.2, 0.25) is 0 Å². The quantitative estimate of drug-likeness (QED) is 0.700. The predicted octanol–water partition coefficient (Wildman–Crippen LogP) is 2.14. The van der Waals surface area contributed by atoms with Crippen molar-refractivity contribution in [1.82, 2.24) is 14.6 Å². The standard InChI is InChI=1S/C17H14N6O/c1-9(2)14-15(11-3-10(6-18)4-13(20)5-11)22-16-12(7-19)8-21-23(16)17(14)24/h3-5,8-9,21H,20H2,1-2H3. The van der Waals surface area contributed by atoms with E-state index in [4.69, 9.17) is 11.0 Å². The Morgan fingerprint density at radius 2 is 2.00 bits per heavy atom. The number of nitrogens with zero attached hydrogens (tertiary/aromatic N) is 4. The van der Waals surface area contributed by atoms with Crippen molar-refractivity contribution in [2.24, 2.45) is 0 Å². The summed E-state index contributed by atoms with van der Waals surface area (Å²) in [5.74, 6) is -0.0993. The van der Waals surface area contributed by atoms with Crippen LogP contribution in [0.25, 0.3) is 16.9 Å². The molecule has 0 unspecified atom stereocenters. The van der Waals surface area contributed by atoms with Gasteiger partial charge in [0, 0.05) is 23.0 Å². The lowest BCUT2D eigenvalue weighted by molar-refractivity contribution is 0.797. The molecule has 0 spiro atoms. The molecule has 3 N–H and O–H groups in total. The fraction of sp³-hybridized carbons (Fsp3) is 0.176. The van der Waals surface area contributed by atoms with Gasteiger partial charge >= 0.3 is 0 Å². The van der Waals surface area contributed by atoms with Crippen molar-refractivity contribution in [1.29, 1.82) is 10.5 Å². The summed E-state index contributed by atoms with van der Waals surface area (Å²) in [5, 5.41) is 21.1.